The van der Waals surface area contributed by atoms with Crippen molar-refractivity contribution in [2.24, 2.45) is 5.92 Å². The second kappa shape index (κ2) is 8.55. The van der Waals surface area contributed by atoms with Crippen LogP contribution >= 0.6 is 12.4 Å². The molecular formula is C16H22ClF3N2O. The Hall–Kier alpha value is -1.27. The van der Waals surface area contributed by atoms with E-state index in [9.17, 15) is 18.0 Å². The van der Waals surface area contributed by atoms with Crippen LogP contribution in [0.25, 0.3) is 0 Å². The lowest BCUT2D eigenvalue weighted by Crippen LogP contribution is -2.33. The number of carbonyl (C=O) groups is 1. The molecule has 1 saturated carbocycles. The van der Waals surface area contributed by atoms with Crippen LogP contribution in [0.3, 0.4) is 0 Å². The monoisotopic (exact) mass is 350 g/mol. The number of nitrogens with one attached hydrogen (secondary N) is 2. The predicted molar refractivity (Wildman–Crippen MR) is 85.7 cm³/mol. The quantitative estimate of drug-likeness (QED) is 0.740. The zero-order valence-electron chi connectivity index (χ0n) is 13.0. The Morgan fingerprint density at radius 2 is 2.00 bits per heavy atom. The van der Waals surface area contributed by atoms with Crippen molar-refractivity contribution in [2.75, 3.05) is 19.6 Å². The topological polar surface area (TPSA) is 41.1 Å². The van der Waals surface area contributed by atoms with Gasteiger partial charge in [0.25, 0.3) is 0 Å². The molecule has 130 valence electrons. The van der Waals surface area contributed by atoms with Crippen LogP contribution in [0.1, 0.15) is 36.8 Å². The van der Waals surface area contributed by atoms with Gasteiger partial charge in [0, 0.05) is 19.0 Å². The molecule has 3 nitrogen and oxygen atoms in total. The number of rotatable bonds is 7. The predicted octanol–water partition coefficient (Wildman–Crippen LogP) is 3.35. The molecule has 0 saturated heterocycles. The van der Waals surface area contributed by atoms with Gasteiger partial charge < -0.3 is 10.6 Å². The molecule has 0 heterocycles. The molecular weight excluding hydrogens is 329 g/mol. The Morgan fingerprint density at radius 1 is 1.26 bits per heavy atom. The fraction of sp³-hybridized carbons (Fsp3) is 0.562. The number of amides is 1. The average molecular weight is 351 g/mol. The number of hydrogen-bond donors (Lipinski definition) is 2. The molecule has 1 aromatic rings. The van der Waals surface area contributed by atoms with Crippen LogP contribution < -0.4 is 10.6 Å². The van der Waals surface area contributed by atoms with Gasteiger partial charge in [0.1, 0.15) is 0 Å². The van der Waals surface area contributed by atoms with Gasteiger partial charge >= 0.3 is 6.18 Å². The van der Waals surface area contributed by atoms with Crippen molar-refractivity contribution in [3.05, 3.63) is 35.4 Å². The first-order valence-corrected chi connectivity index (χ1v) is 7.59. The summed E-state index contributed by atoms with van der Waals surface area (Å²) in [6.07, 6.45) is -2.68. The van der Waals surface area contributed by atoms with E-state index < -0.39 is 11.7 Å². The Balaban J connectivity index is 0.00000264. The molecule has 1 aliphatic rings. The van der Waals surface area contributed by atoms with E-state index in [0.717, 1.165) is 25.1 Å². The summed E-state index contributed by atoms with van der Waals surface area (Å²) in [5.41, 5.74) is -0.0566. The molecule has 7 heteroatoms. The minimum absolute atomic E-state index is 0. The zero-order valence-corrected chi connectivity index (χ0v) is 13.8. The molecule has 1 amide bonds. The molecule has 0 spiro atoms. The summed E-state index contributed by atoms with van der Waals surface area (Å²) in [7, 11) is 0. The van der Waals surface area contributed by atoms with Crippen LogP contribution in [0.2, 0.25) is 0 Å². The molecule has 1 aromatic carbocycles. The fourth-order valence-corrected chi connectivity index (χ4v) is 2.51. The van der Waals surface area contributed by atoms with Crippen LogP contribution in [-0.4, -0.2) is 25.5 Å². The third-order valence-electron chi connectivity index (χ3n) is 3.80. The lowest BCUT2D eigenvalue weighted by molar-refractivity contribution is -0.137. The second-order valence-corrected chi connectivity index (χ2v) is 5.61. The molecule has 0 aliphatic heterocycles. The molecule has 0 bridgehead atoms. The van der Waals surface area contributed by atoms with E-state index >= 15 is 0 Å². The van der Waals surface area contributed by atoms with E-state index in [2.05, 4.69) is 17.6 Å². The smallest absolute Gasteiger partial charge is 0.355 e. The van der Waals surface area contributed by atoms with Gasteiger partial charge in [-0.2, -0.15) is 13.2 Å². The van der Waals surface area contributed by atoms with Gasteiger partial charge in [-0.25, -0.2) is 0 Å². The van der Waals surface area contributed by atoms with Gasteiger partial charge in [0.15, 0.2) is 0 Å². The molecule has 2 unspecified atom stereocenters. The third kappa shape index (κ3) is 5.70. The first-order chi connectivity index (χ1) is 10.4. The largest absolute Gasteiger partial charge is 0.416 e. The lowest BCUT2D eigenvalue weighted by Gasteiger charge is -2.09. The van der Waals surface area contributed by atoms with Gasteiger partial charge in [-0.3, -0.25) is 4.79 Å². The van der Waals surface area contributed by atoms with E-state index in [-0.39, 0.29) is 30.2 Å². The summed E-state index contributed by atoms with van der Waals surface area (Å²) >= 11 is 0. The number of alkyl halides is 3. The molecule has 2 N–H and O–H groups in total. The van der Waals surface area contributed by atoms with Crippen molar-refractivity contribution in [1.29, 1.82) is 0 Å². The van der Waals surface area contributed by atoms with Crippen molar-refractivity contribution >= 4 is 18.3 Å². The molecule has 1 aliphatic carbocycles. The van der Waals surface area contributed by atoms with E-state index in [0.29, 0.717) is 25.1 Å². The normalized spacial score (nSPS) is 19.8. The maximum atomic E-state index is 12.7. The summed E-state index contributed by atoms with van der Waals surface area (Å²) in [6, 6.07) is 5.28. The van der Waals surface area contributed by atoms with Crippen molar-refractivity contribution in [1.82, 2.24) is 10.6 Å². The van der Waals surface area contributed by atoms with Gasteiger partial charge in [-0.1, -0.05) is 25.1 Å². The molecule has 0 aromatic heterocycles. The SMILES string of the molecule is CCCNCCNC(=O)C1CC1c1cccc(C(F)(F)F)c1.Cl. The van der Waals surface area contributed by atoms with Crippen LogP contribution in [0.15, 0.2) is 24.3 Å². The highest BCUT2D eigenvalue weighted by atomic mass is 35.5. The Kier molecular flexibility index (Phi) is 7.35. The van der Waals surface area contributed by atoms with Gasteiger partial charge in [-0.05, 0) is 36.9 Å². The standard InChI is InChI=1S/C16H21F3N2O.ClH/c1-2-6-20-7-8-21-15(22)14-10-13(14)11-4-3-5-12(9-11)16(17,18)19;/h3-5,9,13-14,20H,2,6-8,10H2,1H3,(H,21,22);1H. The number of carbonyl (C=O) groups excluding carboxylic acids is 1. The zero-order chi connectivity index (χ0) is 16.2. The Labute approximate surface area is 140 Å². The fourth-order valence-electron chi connectivity index (χ4n) is 2.51. The van der Waals surface area contributed by atoms with Crippen molar-refractivity contribution in [2.45, 2.75) is 31.9 Å². The molecule has 1 fully saturated rings. The highest BCUT2D eigenvalue weighted by molar-refractivity contribution is 5.85. The molecule has 2 atom stereocenters. The molecule has 2 rings (SSSR count). The van der Waals surface area contributed by atoms with Crippen LogP contribution in [-0.2, 0) is 11.0 Å². The summed E-state index contributed by atoms with van der Waals surface area (Å²) < 4.78 is 38.1. The number of hydrogen-bond acceptors (Lipinski definition) is 2. The maximum absolute atomic E-state index is 12.7. The Morgan fingerprint density at radius 3 is 2.65 bits per heavy atom. The Bertz CT molecular complexity index is 522. The third-order valence-corrected chi connectivity index (χ3v) is 3.80. The molecule has 0 radical (unpaired) electrons. The van der Waals surface area contributed by atoms with E-state index in [4.69, 9.17) is 0 Å². The van der Waals surface area contributed by atoms with E-state index in [1.807, 2.05) is 0 Å². The van der Waals surface area contributed by atoms with Gasteiger partial charge in [-0.15, -0.1) is 12.4 Å². The van der Waals surface area contributed by atoms with Crippen molar-refractivity contribution in [3.63, 3.8) is 0 Å². The molecule has 23 heavy (non-hydrogen) atoms. The van der Waals surface area contributed by atoms with Gasteiger partial charge in [0.2, 0.25) is 5.91 Å². The number of halogens is 4. The maximum Gasteiger partial charge on any atom is 0.416 e. The first kappa shape index (κ1) is 19.8. The minimum atomic E-state index is -4.34. The summed E-state index contributed by atoms with van der Waals surface area (Å²) in [5.74, 6) is -0.360. The highest BCUT2D eigenvalue weighted by Gasteiger charge is 2.44. The lowest BCUT2D eigenvalue weighted by atomic mass is 10.1. The van der Waals surface area contributed by atoms with E-state index in [1.165, 1.54) is 6.07 Å². The van der Waals surface area contributed by atoms with Gasteiger partial charge in [0.05, 0.1) is 5.56 Å². The first-order valence-electron chi connectivity index (χ1n) is 7.59. The summed E-state index contributed by atoms with van der Waals surface area (Å²) in [6.45, 7) is 4.23. The van der Waals surface area contributed by atoms with Crippen LogP contribution in [0.4, 0.5) is 13.2 Å². The average Bonchev–Trinajstić information content (AvgIpc) is 3.27. The highest BCUT2D eigenvalue weighted by Crippen LogP contribution is 2.48. The van der Waals surface area contributed by atoms with Crippen molar-refractivity contribution < 1.29 is 18.0 Å². The second-order valence-electron chi connectivity index (χ2n) is 5.61. The minimum Gasteiger partial charge on any atom is -0.355 e. The summed E-state index contributed by atoms with van der Waals surface area (Å²) in [5, 5.41) is 6.00. The van der Waals surface area contributed by atoms with Crippen LogP contribution in [0.5, 0.6) is 0 Å². The van der Waals surface area contributed by atoms with Crippen LogP contribution in [0, 0.1) is 5.92 Å². The van der Waals surface area contributed by atoms with E-state index in [1.54, 1.807) is 6.07 Å². The van der Waals surface area contributed by atoms with Crippen molar-refractivity contribution in [3.8, 4) is 0 Å². The summed E-state index contributed by atoms with van der Waals surface area (Å²) in [4.78, 5) is 11.9. The number of benzene rings is 1.